The lowest BCUT2D eigenvalue weighted by Crippen LogP contribution is -2.34. The van der Waals surface area contributed by atoms with Crippen LogP contribution in [0.2, 0.25) is 0 Å². The summed E-state index contributed by atoms with van der Waals surface area (Å²) in [6.45, 7) is 2.45. The molecule has 8 heteroatoms. The van der Waals surface area contributed by atoms with E-state index in [1.807, 2.05) is 0 Å². The van der Waals surface area contributed by atoms with Crippen molar-refractivity contribution >= 4 is 17.6 Å². The van der Waals surface area contributed by atoms with E-state index < -0.39 is 11.6 Å². The molecule has 0 radical (unpaired) electrons. The van der Waals surface area contributed by atoms with Crippen LogP contribution in [0.25, 0.3) is 0 Å². The van der Waals surface area contributed by atoms with Gasteiger partial charge in [0.05, 0.1) is 17.8 Å². The van der Waals surface area contributed by atoms with Gasteiger partial charge in [0.25, 0.3) is 5.91 Å². The third-order valence-electron chi connectivity index (χ3n) is 4.10. The SMILES string of the molecule is CC(=O)NCCN1Cc2nc(NCc3c(F)cccc3F)ccc2C1=O. The third-order valence-corrected chi connectivity index (χ3v) is 4.10. The summed E-state index contributed by atoms with van der Waals surface area (Å²) in [5.74, 6) is -1.12. The summed E-state index contributed by atoms with van der Waals surface area (Å²) in [6, 6.07) is 6.95. The number of halogens is 2. The highest BCUT2D eigenvalue weighted by Crippen LogP contribution is 2.23. The number of carbonyl (C=O) groups excluding carboxylic acids is 2. The summed E-state index contributed by atoms with van der Waals surface area (Å²) in [6.07, 6.45) is 0. The molecule has 6 nitrogen and oxygen atoms in total. The summed E-state index contributed by atoms with van der Waals surface area (Å²) in [4.78, 5) is 29.2. The lowest BCUT2D eigenvalue weighted by molar-refractivity contribution is -0.119. The van der Waals surface area contributed by atoms with Crippen LogP contribution >= 0.6 is 0 Å². The number of nitrogens with one attached hydrogen (secondary N) is 2. The molecule has 26 heavy (non-hydrogen) atoms. The molecule has 2 aromatic rings. The van der Waals surface area contributed by atoms with Crippen LogP contribution in [0.5, 0.6) is 0 Å². The number of amides is 2. The molecule has 1 aliphatic rings. The Kier molecular flexibility index (Phi) is 5.11. The first-order valence-corrected chi connectivity index (χ1v) is 8.16. The Morgan fingerprint density at radius 3 is 2.65 bits per heavy atom. The fourth-order valence-corrected chi connectivity index (χ4v) is 2.77. The van der Waals surface area contributed by atoms with Crippen LogP contribution in [0.3, 0.4) is 0 Å². The quantitative estimate of drug-likeness (QED) is 0.827. The molecule has 1 aliphatic heterocycles. The number of nitrogens with zero attached hydrogens (tertiary/aromatic N) is 2. The van der Waals surface area contributed by atoms with Gasteiger partial charge in [-0.25, -0.2) is 13.8 Å². The fourth-order valence-electron chi connectivity index (χ4n) is 2.77. The molecule has 2 amide bonds. The number of carbonyl (C=O) groups is 2. The molecular formula is C18H18F2N4O2. The van der Waals surface area contributed by atoms with E-state index in [0.29, 0.717) is 36.7 Å². The number of pyridine rings is 1. The van der Waals surface area contributed by atoms with Gasteiger partial charge in [0, 0.05) is 32.1 Å². The summed E-state index contributed by atoms with van der Waals surface area (Å²) in [5, 5.41) is 5.53. The van der Waals surface area contributed by atoms with Gasteiger partial charge < -0.3 is 15.5 Å². The molecule has 0 saturated carbocycles. The minimum atomic E-state index is -0.627. The molecule has 2 heterocycles. The third kappa shape index (κ3) is 3.79. The van der Waals surface area contributed by atoms with Crippen molar-refractivity contribution in [3.63, 3.8) is 0 Å². The van der Waals surface area contributed by atoms with Gasteiger partial charge in [-0.3, -0.25) is 9.59 Å². The molecular weight excluding hydrogens is 342 g/mol. The van der Waals surface area contributed by atoms with Crippen LogP contribution in [-0.4, -0.2) is 34.8 Å². The maximum atomic E-state index is 13.7. The van der Waals surface area contributed by atoms with E-state index in [4.69, 9.17) is 0 Å². The summed E-state index contributed by atoms with van der Waals surface area (Å²) < 4.78 is 27.3. The second-order valence-corrected chi connectivity index (χ2v) is 5.95. The Bertz CT molecular complexity index is 837. The van der Waals surface area contributed by atoms with E-state index in [9.17, 15) is 18.4 Å². The van der Waals surface area contributed by atoms with Crippen molar-refractivity contribution in [2.24, 2.45) is 0 Å². The van der Waals surface area contributed by atoms with Gasteiger partial charge in [-0.15, -0.1) is 0 Å². The van der Waals surface area contributed by atoms with Crippen molar-refractivity contribution in [2.75, 3.05) is 18.4 Å². The van der Waals surface area contributed by atoms with Crippen molar-refractivity contribution in [1.82, 2.24) is 15.2 Å². The first-order valence-electron chi connectivity index (χ1n) is 8.16. The Hall–Kier alpha value is -3.03. The molecule has 1 aromatic heterocycles. The topological polar surface area (TPSA) is 74.3 Å². The van der Waals surface area contributed by atoms with Gasteiger partial charge in [0.15, 0.2) is 0 Å². The van der Waals surface area contributed by atoms with Crippen LogP contribution in [0.1, 0.15) is 28.5 Å². The molecule has 2 N–H and O–H groups in total. The molecule has 0 saturated heterocycles. The maximum Gasteiger partial charge on any atom is 0.256 e. The lowest BCUT2D eigenvalue weighted by atomic mass is 10.2. The highest BCUT2D eigenvalue weighted by atomic mass is 19.1. The zero-order chi connectivity index (χ0) is 18.7. The number of rotatable bonds is 6. The number of fused-ring (bicyclic) bond motifs is 1. The zero-order valence-electron chi connectivity index (χ0n) is 14.2. The second kappa shape index (κ2) is 7.47. The average molecular weight is 360 g/mol. The predicted molar refractivity (Wildman–Crippen MR) is 91.3 cm³/mol. The molecule has 0 spiro atoms. The van der Waals surface area contributed by atoms with E-state index in [0.717, 1.165) is 0 Å². The Balaban J connectivity index is 1.65. The number of hydrogen-bond acceptors (Lipinski definition) is 4. The first kappa shape index (κ1) is 17.8. The van der Waals surface area contributed by atoms with Crippen LogP contribution in [0.15, 0.2) is 30.3 Å². The maximum absolute atomic E-state index is 13.7. The van der Waals surface area contributed by atoms with Crippen molar-refractivity contribution < 1.29 is 18.4 Å². The second-order valence-electron chi connectivity index (χ2n) is 5.95. The van der Waals surface area contributed by atoms with Crippen molar-refractivity contribution in [3.05, 3.63) is 58.8 Å². The smallest absolute Gasteiger partial charge is 0.256 e. The van der Waals surface area contributed by atoms with E-state index in [2.05, 4.69) is 15.6 Å². The van der Waals surface area contributed by atoms with Crippen LogP contribution in [0.4, 0.5) is 14.6 Å². The largest absolute Gasteiger partial charge is 0.366 e. The molecule has 0 fully saturated rings. The molecule has 3 rings (SSSR count). The summed E-state index contributed by atoms with van der Waals surface area (Å²) in [7, 11) is 0. The van der Waals surface area contributed by atoms with Gasteiger partial charge >= 0.3 is 0 Å². The first-order chi connectivity index (χ1) is 12.5. The van der Waals surface area contributed by atoms with E-state index in [1.165, 1.54) is 25.1 Å². The van der Waals surface area contributed by atoms with E-state index >= 15 is 0 Å². The van der Waals surface area contributed by atoms with Crippen LogP contribution < -0.4 is 10.6 Å². The highest BCUT2D eigenvalue weighted by molar-refractivity contribution is 5.98. The monoisotopic (exact) mass is 360 g/mol. The average Bonchev–Trinajstić information content (AvgIpc) is 2.90. The molecule has 0 unspecified atom stereocenters. The Labute approximate surface area is 149 Å². The minimum Gasteiger partial charge on any atom is -0.366 e. The number of benzene rings is 1. The highest BCUT2D eigenvalue weighted by Gasteiger charge is 2.28. The molecule has 136 valence electrons. The zero-order valence-corrected chi connectivity index (χ0v) is 14.2. The number of hydrogen-bond donors (Lipinski definition) is 2. The number of aromatic nitrogens is 1. The van der Waals surface area contributed by atoms with Gasteiger partial charge in [0.1, 0.15) is 17.5 Å². The van der Waals surface area contributed by atoms with E-state index in [1.54, 1.807) is 17.0 Å². The van der Waals surface area contributed by atoms with Crippen LogP contribution in [-0.2, 0) is 17.9 Å². The standard InChI is InChI=1S/C18H18F2N4O2/c1-11(25)21-7-8-24-10-16-12(18(24)26)5-6-17(23-16)22-9-13-14(19)3-2-4-15(13)20/h2-6H,7-10H2,1H3,(H,21,25)(H,22,23). The minimum absolute atomic E-state index is 0.0511. The van der Waals surface area contributed by atoms with E-state index in [-0.39, 0.29) is 23.9 Å². The Morgan fingerprint density at radius 2 is 1.96 bits per heavy atom. The van der Waals surface area contributed by atoms with Gasteiger partial charge in [0.2, 0.25) is 5.91 Å². The molecule has 0 atom stereocenters. The fraction of sp³-hybridized carbons (Fsp3) is 0.278. The molecule has 0 aliphatic carbocycles. The molecule has 1 aromatic carbocycles. The van der Waals surface area contributed by atoms with Crippen molar-refractivity contribution in [2.45, 2.75) is 20.0 Å². The van der Waals surface area contributed by atoms with Gasteiger partial charge in [-0.1, -0.05) is 6.07 Å². The summed E-state index contributed by atoms with van der Waals surface area (Å²) >= 11 is 0. The predicted octanol–water partition coefficient (Wildman–Crippen LogP) is 2.06. The van der Waals surface area contributed by atoms with Crippen molar-refractivity contribution in [3.8, 4) is 0 Å². The van der Waals surface area contributed by atoms with Crippen molar-refractivity contribution in [1.29, 1.82) is 0 Å². The summed E-state index contributed by atoms with van der Waals surface area (Å²) in [5.41, 5.74) is 1.02. The van der Waals surface area contributed by atoms with Gasteiger partial charge in [-0.2, -0.15) is 0 Å². The Morgan fingerprint density at radius 1 is 1.23 bits per heavy atom. The lowest BCUT2D eigenvalue weighted by Gasteiger charge is -2.14. The van der Waals surface area contributed by atoms with Crippen LogP contribution in [0, 0.1) is 11.6 Å². The molecule has 0 bridgehead atoms. The van der Waals surface area contributed by atoms with Gasteiger partial charge in [-0.05, 0) is 24.3 Å². The normalized spacial score (nSPS) is 12.9. The number of anilines is 1.